The first-order chi connectivity index (χ1) is 9.92. The van der Waals surface area contributed by atoms with Crippen molar-refractivity contribution in [3.63, 3.8) is 0 Å². The van der Waals surface area contributed by atoms with E-state index in [1.54, 1.807) is 0 Å². The van der Waals surface area contributed by atoms with Gasteiger partial charge < -0.3 is 9.64 Å². The molecular formula is C14H14F3NO3. The largest absolute Gasteiger partial charge is 0.469 e. The third kappa shape index (κ3) is 4.08. The van der Waals surface area contributed by atoms with Crippen LogP contribution in [0.1, 0.15) is 16.8 Å². The van der Waals surface area contributed by atoms with Crippen molar-refractivity contribution < 1.29 is 27.5 Å². The van der Waals surface area contributed by atoms with Crippen molar-refractivity contribution in [2.45, 2.75) is 6.42 Å². The molecule has 0 radical (unpaired) electrons. The molecule has 7 heteroatoms. The molecule has 0 atom stereocenters. The van der Waals surface area contributed by atoms with Gasteiger partial charge in [-0.05, 0) is 12.1 Å². The Labute approximate surface area is 119 Å². The lowest BCUT2D eigenvalue weighted by atomic mass is 10.1. The fourth-order valence-electron chi connectivity index (χ4n) is 1.62. The van der Waals surface area contributed by atoms with Crippen LogP contribution in [-0.4, -0.2) is 37.0 Å². The third-order valence-electron chi connectivity index (χ3n) is 2.72. The molecule has 21 heavy (non-hydrogen) atoms. The molecule has 0 saturated heterocycles. The maximum Gasteiger partial charge on any atom is 0.307 e. The molecule has 0 aromatic heterocycles. The molecule has 1 aromatic rings. The zero-order valence-electron chi connectivity index (χ0n) is 11.4. The van der Waals surface area contributed by atoms with Gasteiger partial charge in [0.1, 0.15) is 0 Å². The number of carbonyl (C=O) groups excluding carboxylic acids is 2. The van der Waals surface area contributed by atoms with Gasteiger partial charge in [0.2, 0.25) is 0 Å². The normalized spacial score (nSPS) is 10.1. The number of halogens is 3. The molecule has 0 heterocycles. The van der Waals surface area contributed by atoms with Crippen LogP contribution in [0.25, 0.3) is 0 Å². The highest BCUT2D eigenvalue weighted by Gasteiger charge is 2.23. The number of hydrogen-bond acceptors (Lipinski definition) is 3. The summed E-state index contributed by atoms with van der Waals surface area (Å²) in [5, 5.41) is 0. The summed E-state index contributed by atoms with van der Waals surface area (Å²) in [7, 11) is 1.19. The molecule has 0 saturated carbocycles. The summed E-state index contributed by atoms with van der Waals surface area (Å²) in [5.41, 5.74) is -0.611. The van der Waals surface area contributed by atoms with Gasteiger partial charge in [-0.15, -0.1) is 6.58 Å². The van der Waals surface area contributed by atoms with Crippen LogP contribution in [0.5, 0.6) is 0 Å². The van der Waals surface area contributed by atoms with Crippen LogP contribution in [0.2, 0.25) is 0 Å². The van der Waals surface area contributed by atoms with Gasteiger partial charge in [0.15, 0.2) is 17.5 Å². The van der Waals surface area contributed by atoms with Gasteiger partial charge in [0.05, 0.1) is 19.1 Å². The van der Waals surface area contributed by atoms with E-state index in [2.05, 4.69) is 11.3 Å². The molecule has 0 fully saturated rings. The van der Waals surface area contributed by atoms with Crippen molar-refractivity contribution in [3.05, 3.63) is 47.8 Å². The van der Waals surface area contributed by atoms with Gasteiger partial charge in [-0.25, -0.2) is 13.2 Å². The maximum absolute atomic E-state index is 13.6. The summed E-state index contributed by atoms with van der Waals surface area (Å²) >= 11 is 0. The third-order valence-corrected chi connectivity index (χ3v) is 2.72. The van der Waals surface area contributed by atoms with E-state index in [0.717, 1.165) is 11.0 Å². The first-order valence-electron chi connectivity index (χ1n) is 6.02. The number of ether oxygens (including phenoxy) is 1. The topological polar surface area (TPSA) is 46.6 Å². The standard InChI is InChI=1S/C14H14F3NO3/c1-3-7-18(8-6-11(19)21-2)14(20)9-4-5-10(15)13(17)12(9)16/h3-5H,1,6-8H2,2H3. The molecule has 0 N–H and O–H groups in total. The number of nitrogens with zero attached hydrogens (tertiary/aromatic N) is 1. The van der Waals surface area contributed by atoms with Crippen LogP contribution < -0.4 is 0 Å². The van der Waals surface area contributed by atoms with Gasteiger partial charge in [-0.1, -0.05) is 6.08 Å². The molecule has 1 rings (SSSR count). The fraction of sp³-hybridized carbons (Fsp3) is 0.286. The molecule has 114 valence electrons. The Hall–Kier alpha value is -2.31. The van der Waals surface area contributed by atoms with Crippen molar-refractivity contribution >= 4 is 11.9 Å². The zero-order valence-corrected chi connectivity index (χ0v) is 11.4. The molecule has 1 amide bonds. The SMILES string of the molecule is C=CCN(CCC(=O)OC)C(=O)c1ccc(F)c(F)c1F. The molecule has 4 nitrogen and oxygen atoms in total. The Morgan fingerprint density at radius 2 is 1.95 bits per heavy atom. The van der Waals surface area contributed by atoms with Crippen LogP contribution in [-0.2, 0) is 9.53 Å². The number of carbonyl (C=O) groups is 2. The Morgan fingerprint density at radius 1 is 1.29 bits per heavy atom. The quantitative estimate of drug-likeness (QED) is 0.460. The lowest BCUT2D eigenvalue weighted by molar-refractivity contribution is -0.140. The smallest absolute Gasteiger partial charge is 0.307 e. The van der Waals surface area contributed by atoms with Crippen LogP contribution in [0.4, 0.5) is 13.2 Å². The Balaban J connectivity index is 2.98. The number of amides is 1. The number of benzene rings is 1. The van der Waals surface area contributed by atoms with E-state index < -0.39 is 34.9 Å². The second kappa shape index (κ2) is 7.47. The van der Waals surface area contributed by atoms with Crippen molar-refractivity contribution in [2.24, 2.45) is 0 Å². The molecule has 0 unspecified atom stereocenters. The summed E-state index contributed by atoms with van der Waals surface area (Å²) in [5.74, 6) is -6.08. The van der Waals surface area contributed by atoms with Crippen LogP contribution >= 0.6 is 0 Å². The van der Waals surface area contributed by atoms with Crippen LogP contribution in [0.3, 0.4) is 0 Å². The summed E-state index contributed by atoms with van der Waals surface area (Å²) in [4.78, 5) is 24.3. The van der Waals surface area contributed by atoms with Gasteiger partial charge in [0.25, 0.3) is 5.91 Å². The predicted octanol–water partition coefficient (Wildman–Crippen LogP) is 2.30. The first-order valence-corrected chi connectivity index (χ1v) is 6.02. The number of hydrogen-bond donors (Lipinski definition) is 0. The summed E-state index contributed by atoms with van der Waals surface area (Å²) < 4.78 is 44.0. The highest BCUT2D eigenvalue weighted by atomic mass is 19.2. The second-order valence-electron chi connectivity index (χ2n) is 4.09. The highest BCUT2D eigenvalue weighted by molar-refractivity contribution is 5.94. The van der Waals surface area contributed by atoms with E-state index in [1.165, 1.54) is 13.2 Å². The van der Waals surface area contributed by atoms with E-state index in [-0.39, 0.29) is 19.5 Å². The van der Waals surface area contributed by atoms with Gasteiger partial charge in [0, 0.05) is 13.1 Å². The van der Waals surface area contributed by atoms with E-state index in [4.69, 9.17) is 0 Å². The van der Waals surface area contributed by atoms with E-state index in [0.29, 0.717) is 6.07 Å². The lowest BCUT2D eigenvalue weighted by Crippen LogP contribution is -2.34. The average molecular weight is 301 g/mol. The van der Waals surface area contributed by atoms with E-state index >= 15 is 0 Å². The Morgan fingerprint density at radius 3 is 2.52 bits per heavy atom. The Bertz CT molecular complexity index is 561. The average Bonchev–Trinajstić information content (AvgIpc) is 2.48. The minimum atomic E-state index is -1.72. The molecule has 0 aliphatic carbocycles. The van der Waals surface area contributed by atoms with Gasteiger partial charge in [-0.3, -0.25) is 9.59 Å². The van der Waals surface area contributed by atoms with Gasteiger partial charge >= 0.3 is 5.97 Å². The van der Waals surface area contributed by atoms with E-state index in [9.17, 15) is 22.8 Å². The molecule has 0 spiro atoms. The molecule has 0 aliphatic rings. The van der Waals surface area contributed by atoms with Crippen molar-refractivity contribution in [3.8, 4) is 0 Å². The minimum Gasteiger partial charge on any atom is -0.469 e. The summed E-state index contributed by atoms with van der Waals surface area (Å²) in [6.07, 6.45) is 1.26. The van der Waals surface area contributed by atoms with Crippen molar-refractivity contribution in [1.29, 1.82) is 0 Å². The Kier molecular flexibility index (Phi) is 5.95. The molecular weight excluding hydrogens is 287 g/mol. The molecule has 1 aromatic carbocycles. The summed E-state index contributed by atoms with van der Waals surface area (Å²) in [6, 6.07) is 1.52. The number of methoxy groups -OCH3 is 1. The monoisotopic (exact) mass is 301 g/mol. The molecule has 0 bridgehead atoms. The lowest BCUT2D eigenvalue weighted by Gasteiger charge is -2.21. The maximum atomic E-state index is 13.6. The predicted molar refractivity (Wildman–Crippen MR) is 69.0 cm³/mol. The van der Waals surface area contributed by atoms with Crippen LogP contribution in [0, 0.1) is 17.5 Å². The number of esters is 1. The molecule has 0 aliphatic heterocycles. The summed E-state index contributed by atoms with van der Waals surface area (Å²) in [6.45, 7) is 3.40. The minimum absolute atomic E-state index is 0.0221. The van der Waals surface area contributed by atoms with Crippen LogP contribution in [0.15, 0.2) is 24.8 Å². The number of rotatable bonds is 6. The second-order valence-corrected chi connectivity index (χ2v) is 4.09. The first kappa shape index (κ1) is 16.7. The van der Waals surface area contributed by atoms with E-state index in [1.807, 2.05) is 0 Å². The highest BCUT2D eigenvalue weighted by Crippen LogP contribution is 2.17. The van der Waals surface area contributed by atoms with Crippen molar-refractivity contribution in [2.75, 3.05) is 20.2 Å². The van der Waals surface area contributed by atoms with Gasteiger partial charge in [-0.2, -0.15) is 0 Å². The van der Waals surface area contributed by atoms with Crippen molar-refractivity contribution in [1.82, 2.24) is 4.90 Å². The zero-order chi connectivity index (χ0) is 16.0. The fourth-order valence-corrected chi connectivity index (χ4v) is 1.62.